The smallest absolute Gasteiger partial charge is 0.244 e. The van der Waals surface area contributed by atoms with Crippen LogP contribution in [0.3, 0.4) is 0 Å². The van der Waals surface area contributed by atoms with Crippen molar-refractivity contribution in [1.29, 1.82) is 0 Å². The van der Waals surface area contributed by atoms with Crippen LogP contribution in [0.25, 0.3) is 44.4 Å². The highest BCUT2D eigenvalue weighted by atomic mass is 32.2. The van der Waals surface area contributed by atoms with E-state index < -0.39 is 15.3 Å². The zero-order valence-electron chi connectivity index (χ0n) is 17.4. The Morgan fingerprint density at radius 3 is 2.53 bits per heavy atom. The first kappa shape index (κ1) is 20.4. The minimum Gasteiger partial charge on any atom is -0.368 e. The molecule has 0 atom stereocenters. The molecule has 0 saturated carbocycles. The third-order valence-corrected chi connectivity index (χ3v) is 8.03. The molecule has 10 heteroatoms. The van der Waals surface area contributed by atoms with Crippen LogP contribution < -0.4 is 5.73 Å². The van der Waals surface area contributed by atoms with Gasteiger partial charge in [-0.05, 0) is 26.0 Å². The first-order chi connectivity index (χ1) is 15.4. The monoisotopic (exact) mass is 464 g/mol. The number of hydrogen-bond donors (Lipinski definition) is 2. The van der Waals surface area contributed by atoms with E-state index in [1.807, 2.05) is 41.8 Å². The summed E-state index contributed by atoms with van der Waals surface area (Å²) >= 11 is 1.49. The van der Waals surface area contributed by atoms with E-state index in [0.717, 1.165) is 25.8 Å². The lowest BCUT2D eigenvalue weighted by Crippen LogP contribution is -2.23. The number of benzene rings is 2. The first-order valence-electron chi connectivity index (χ1n) is 9.94. The molecular weight excluding hydrogens is 444 g/mol. The number of nitrogens with zero attached hydrogens (tertiary/aromatic N) is 4. The molecule has 0 amide bonds. The van der Waals surface area contributed by atoms with Gasteiger partial charge in [-0.2, -0.15) is 0 Å². The fourth-order valence-electron chi connectivity index (χ4n) is 3.54. The standard InChI is InChI=1S/C22H20N6O2S2/c1-13(2)32(29,30)28-17-12-15(8-9-16(17)25-22(28)23)19-18(14-6-4-3-5-7-14)26-20(27-19)21-24-10-11-31-21/h3-13H,1-2H3,(H2,23,25)(H,26,27). The van der Waals surface area contributed by atoms with Crippen molar-refractivity contribution in [3.63, 3.8) is 0 Å². The molecule has 0 aliphatic carbocycles. The number of imidazole rings is 2. The molecule has 5 rings (SSSR count). The van der Waals surface area contributed by atoms with Crippen LogP contribution in [0.5, 0.6) is 0 Å². The van der Waals surface area contributed by atoms with Gasteiger partial charge in [0.15, 0.2) is 10.8 Å². The molecule has 5 aromatic rings. The third kappa shape index (κ3) is 3.28. The quantitative estimate of drug-likeness (QED) is 0.398. The molecular formula is C22H20N6O2S2. The summed E-state index contributed by atoms with van der Waals surface area (Å²) in [6.45, 7) is 3.23. The number of rotatable bonds is 5. The molecule has 3 aromatic heterocycles. The zero-order chi connectivity index (χ0) is 22.5. The van der Waals surface area contributed by atoms with E-state index in [-0.39, 0.29) is 5.95 Å². The molecule has 0 aliphatic rings. The molecule has 8 nitrogen and oxygen atoms in total. The summed E-state index contributed by atoms with van der Waals surface area (Å²) in [5.74, 6) is 0.594. The number of nitrogens with two attached hydrogens (primary N) is 1. The Hall–Kier alpha value is -3.50. The van der Waals surface area contributed by atoms with Gasteiger partial charge < -0.3 is 10.7 Å². The van der Waals surface area contributed by atoms with Gasteiger partial charge in [-0.25, -0.2) is 27.3 Å². The SMILES string of the molecule is CC(C)S(=O)(=O)n1c(N)nc2ccc(-c3nc(-c4nccs4)[nH]c3-c3ccccc3)cc21. The second-order valence-electron chi connectivity index (χ2n) is 7.54. The number of nitrogens with one attached hydrogen (secondary N) is 1. The van der Waals surface area contributed by atoms with Gasteiger partial charge in [0.2, 0.25) is 16.0 Å². The van der Waals surface area contributed by atoms with Crippen molar-refractivity contribution in [3.8, 4) is 33.3 Å². The predicted molar refractivity (Wildman–Crippen MR) is 128 cm³/mol. The van der Waals surface area contributed by atoms with E-state index in [0.29, 0.717) is 22.6 Å². The molecule has 0 spiro atoms. The Kier molecular flexibility index (Phi) is 4.83. The summed E-state index contributed by atoms with van der Waals surface area (Å²) in [6, 6.07) is 15.3. The van der Waals surface area contributed by atoms with Gasteiger partial charge in [0, 0.05) is 22.7 Å². The summed E-state index contributed by atoms with van der Waals surface area (Å²) < 4.78 is 27.0. The van der Waals surface area contributed by atoms with Crippen LogP contribution in [0.2, 0.25) is 0 Å². The van der Waals surface area contributed by atoms with Crippen LogP contribution >= 0.6 is 11.3 Å². The van der Waals surface area contributed by atoms with Crippen LogP contribution in [0.1, 0.15) is 13.8 Å². The van der Waals surface area contributed by atoms with Crippen molar-refractivity contribution in [1.82, 2.24) is 23.9 Å². The van der Waals surface area contributed by atoms with E-state index in [1.54, 1.807) is 32.2 Å². The average molecular weight is 465 g/mol. The molecule has 0 fully saturated rings. The van der Waals surface area contributed by atoms with E-state index >= 15 is 0 Å². The summed E-state index contributed by atoms with van der Waals surface area (Å²) in [7, 11) is -3.69. The highest BCUT2D eigenvalue weighted by Gasteiger charge is 2.25. The lowest BCUT2D eigenvalue weighted by Gasteiger charge is -2.11. The molecule has 0 saturated heterocycles. The molecule has 3 heterocycles. The number of aromatic nitrogens is 5. The number of H-pyrrole nitrogens is 1. The second-order valence-corrected chi connectivity index (χ2v) is 10.8. The van der Waals surface area contributed by atoms with E-state index in [2.05, 4.69) is 15.0 Å². The van der Waals surface area contributed by atoms with E-state index in [1.165, 1.54) is 11.3 Å². The Labute approximate surface area is 188 Å². The van der Waals surface area contributed by atoms with Gasteiger partial charge in [0.05, 0.1) is 27.7 Å². The Morgan fingerprint density at radius 2 is 1.84 bits per heavy atom. The van der Waals surface area contributed by atoms with Crippen molar-refractivity contribution in [2.75, 3.05) is 5.73 Å². The van der Waals surface area contributed by atoms with E-state index in [4.69, 9.17) is 10.7 Å². The average Bonchev–Trinajstić information content (AvgIpc) is 3.51. The summed E-state index contributed by atoms with van der Waals surface area (Å²) in [4.78, 5) is 16.8. The number of nitrogen functional groups attached to an aromatic ring is 1. The van der Waals surface area contributed by atoms with Gasteiger partial charge in [-0.15, -0.1) is 11.3 Å². The number of fused-ring (bicyclic) bond motifs is 1. The van der Waals surface area contributed by atoms with Gasteiger partial charge >= 0.3 is 0 Å². The van der Waals surface area contributed by atoms with Crippen LogP contribution in [-0.2, 0) is 10.0 Å². The second kappa shape index (κ2) is 7.57. The van der Waals surface area contributed by atoms with Crippen molar-refractivity contribution in [3.05, 3.63) is 60.1 Å². The Bertz CT molecular complexity index is 1520. The lowest BCUT2D eigenvalue weighted by atomic mass is 10.0. The molecule has 162 valence electrons. The van der Waals surface area contributed by atoms with Gasteiger partial charge in [-0.1, -0.05) is 36.4 Å². The number of thiazole rings is 1. The maximum atomic E-state index is 12.9. The van der Waals surface area contributed by atoms with Crippen LogP contribution in [0.4, 0.5) is 5.95 Å². The minimum absolute atomic E-state index is 0.0559. The Balaban J connectivity index is 1.75. The van der Waals surface area contributed by atoms with Gasteiger partial charge in [-0.3, -0.25) is 0 Å². The fourth-order valence-corrected chi connectivity index (χ4v) is 5.26. The summed E-state index contributed by atoms with van der Waals surface area (Å²) in [5.41, 5.74) is 10.1. The topological polar surface area (TPSA) is 120 Å². The van der Waals surface area contributed by atoms with Crippen LogP contribution in [0, 0.1) is 0 Å². The molecule has 32 heavy (non-hydrogen) atoms. The van der Waals surface area contributed by atoms with Crippen molar-refractivity contribution >= 4 is 38.3 Å². The third-order valence-electron chi connectivity index (χ3n) is 5.16. The van der Waals surface area contributed by atoms with Crippen molar-refractivity contribution in [2.45, 2.75) is 19.1 Å². The van der Waals surface area contributed by atoms with Crippen LogP contribution in [-0.4, -0.2) is 37.6 Å². The molecule has 0 unspecified atom stereocenters. The summed E-state index contributed by atoms with van der Waals surface area (Å²) in [5, 5.41) is 2.02. The lowest BCUT2D eigenvalue weighted by molar-refractivity contribution is 0.580. The van der Waals surface area contributed by atoms with Crippen LogP contribution in [0.15, 0.2) is 60.1 Å². The van der Waals surface area contributed by atoms with Gasteiger partial charge in [0.25, 0.3) is 0 Å². The largest absolute Gasteiger partial charge is 0.368 e. The molecule has 2 aromatic carbocycles. The van der Waals surface area contributed by atoms with Crippen molar-refractivity contribution < 1.29 is 8.42 Å². The van der Waals surface area contributed by atoms with Crippen molar-refractivity contribution in [2.24, 2.45) is 0 Å². The normalized spacial score (nSPS) is 12.1. The predicted octanol–water partition coefficient (Wildman–Crippen LogP) is 4.39. The van der Waals surface area contributed by atoms with Gasteiger partial charge in [0.1, 0.15) is 0 Å². The van der Waals surface area contributed by atoms with E-state index in [9.17, 15) is 8.42 Å². The highest BCUT2D eigenvalue weighted by molar-refractivity contribution is 7.90. The summed E-state index contributed by atoms with van der Waals surface area (Å²) in [6.07, 6.45) is 1.73. The minimum atomic E-state index is -3.69. The number of hydrogen-bond acceptors (Lipinski definition) is 7. The highest BCUT2D eigenvalue weighted by Crippen LogP contribution is 2.35. The number of anilines is 1. The molecule has 0 radical (unpaired) electrons. The fraction of sp³-hybridized carbons (Fsp3) is 0.136. The molecule has 3 N–H and O–H groups in total. The maximum Gasteiger partial charge on any atom is 0.244 e. The maximum absolute atomic E-state index is 12.9. The molecule has 0 aliphatic heterocycles. The molecule has 0 bridgehead atoms. The number of aromatic amines is 1. The first-order valence-corrected chi connectivity index (χ1v) is 12.3. The Morgan fingerprint density at radius 1 is 1.06 bits per heavy atom. The zero-order valence-corrected chi connectivity index (χ0v) is 19.0.